The summed E-state index contributed by atoms with van der Waals surface area (Å²) in [5.74, 6) is 1.33. The maximum Gasteiger partial charge on any atom is 0.262 e. The Balaban J connectivity index is 1.46. The first kappa shape index (κ1) is 21.9. The molecule has 1 N–H and O–H groups in total. The summed E-state index contributed by atoms with van der Waals surface area (Å²) in [7, 11) is 0. The number of oxazole rings is 1. The number of nitrogens with zero attached hydrogens (tertiary/aromatic N) is 1. The number of aryl methyl sites for hydroxylation is 1. The lowest BCUT2D eigenvalue weighted by molar-refractivity contribution is -0.118. The second kappa shape index (κ2) is 9.45. The highest BCUT2D eigenvalue weighted by molar-refractivity contribution is 6.31. The lowest BCUT2D eigenvalue weighted by Crippen LogP contribution is -2.20. The molecule has 0 saturated heterocycles. The van der Waals surface area contributed by atoms with E-state index in [1.807, 2.05) is 37.3 Å². The highest BCUT2D eigenvalue weighted by Gasteiger charge is 2.12. The van der Waals surface area contributed by atoms with Gasteiger partial charge in [0.1, 0.15) is 11.3 Å². The van der Waals surface area contributed by atoms with Crippen molar-refractivity contribution in [1.29, 1.82) is 0 Å². The molecule has 0 bridgehead atoms. The number of ether oxygens (including phenoxy) is 1. The number of fused-ring (bicyclic) bond motifs is 1. The Hall–Kier alpha value is -3.31. The van der Waals surface area contributed by atoms with Crippen LogP contribution in [0.4, 0.5) is 5.69 Å². The van der Waals surface area contributed by atoms with Gasteiger partial charge in [-0.15, -0.1) is 0 Å². The van der Waals surface area contributed by atoms with E-state index in [0.717, 1.165) is 28.6 Å². The minimum absolute atomic E-state index is 0.105. The van der Waals surface area contributed by atoms with E-state index in [1.54, 1.807) is 18.2 Å². The summed E-state index contributed by atoms with van der Waals surface area (Å²) in [4.78, 5) is 17.0. The van der Waals surface area contributed by atoms with Crippen molar-refractivity contribution in [2.75, 3.05) is 11.9 Å². The highest BCUT2D eigenvalue weighted by atomic mass is 35.5. The number of carbonyl (C=O) groups excluding carboxylic acids is 1. The van der Waals surface area contributed by atoms with E-state index in [1.165, 1.54) is 5.56 Å². The molecule has 1 aromatic heterocycles. The summed E-state index contributed by atoms with van der Waals surface area (Å²) in [5.41, 5.74) is 5.15. The van der Waals surface area contributed by atoms with E-state index >= 15 is 0 Å². The van der Waals surface area contributed by atoms with Crippen LogP contribution < -0.4 is 10.1 Å². The average Bonchev–Trinajstić information content (AvgIpc) is 3.23. The Labute approximate surface area is 192 Å². The number of nitrogens with one attached hydrogen (secondary N) is 1. The standard InChI is InChI=1S/C26H25ClN2O3/c1-4-16(2)18-8-11-24-23(14-18)29-26(32-24)19-6-5-7-20(13-19)28-25(30)15-31-21-9-10-22(27)17(3)12-21/h5-14,16H,4,15H2,1-3H3,(H,28,30)/t16-/m1/s1. The topological polar surface area (TPSA) is 64.4 Å². The molecule has 1 amide bonds. The maximum atomic E-state index is 12.4. The summed E-state index contributed by atoms with van der Waals surface area (Å²) in [6.45, 7) is 6.15. The van der Waals surface area contributed by atoms with Gasteiger partial charge in [-0.25, -0.2) is 4.98 Å². The van der Waals surface area contributed by atoms with Crippen LogP contribution in [0.2, 0.25) is 5.02 Å². The minimum Gasteiger partial charge on any atom is -0.484 e. The number of benzene rings is 3. The number of amides is 1. The van der Waals surface area contributed by atoms with Gasteiger partial charge in [0.25, 0.3) is 5.91 Å². The maximum absolute atomic E-state index is 12.4. The molecule has 1 heterocycles. The molecule has 32 heavy (non-hydrogen) atoms. The van der Waals surface area contributed by atoms with Crippen molar-refractivity contribution < 1.29 is 13.9 Å². The van der Waals surface area contributed by atoms with E-state index in [0.29, 0.717) is 28.3 Å². The van der Waals surface area contributed by atoms with E-state index in [-0.39, 0.29) is 12.5 Å². The Morgan fingerprint density at radius 3 is 2.78 bits per heavy atom. The van der Waals surface area contributed by atoms with Crippen LogP contribution in [0.3, 0.4) is 0 Å². The first-order valence-corrected chi connectivity index (χ1v) is 11.0. The number of hydrogen-bond acceptors (Lipinski definition) is 4. The van der Waals surface area contributed by atoms with Gasteiger partial charge in [0.05, 0.1) is 0 Å². The van der Waals surface area contributed by atoms with Crippen LogP contribution in [0.1, 0.15) is 37.3 Å². The zero-order valence-electron chi connectivity index (χ0n) is 18.3. The zero-order chi connectivity index (χ0) is 22.7. The first-order valence-electron chi connectivity index (χ1n) is 10.6. The van der Waals surface area contributed by atoms with Crippen molar-refractivity contribution in [3.8, 4) is 17.2 Å². The zero-order valence-corrected chi connectivity index (χ0v) is 19.1. The first-order chi connectivity index (χ1) is 15.4. The molecule has 0 fully saturated rings. The quantitative estimate of drug-likeness (QED) is 0.331. The molecule has 4 rings (SSSR count). The number of anilines is 1. The molecule has 0 aliphatic rings. The molecule has 0 aliphatic carbocycles. The van der Waals surface area contributed by atoms with Crippen molar-refractivity contribution in [3.05, 3.63) is 76.8 Å². The van der Waals surface area contributed by atoms with Gasteiger partial charge in [-0.05, 0) is 78.9 Å². The van der Waals surface area contributed by atoms with Crippen LogP contribution in [0.25, 0.3) is 22.6 Å². The number of aromatic nitrogens is 1. The number of halogens is 1. The van der Waals surface area contributed by atoms with Crippen molar-refractivity contribution >= 4 is 34.3 Å². The monoisotopic (exact) mass is 448 g/mol. The second-order valence-electron chi connectivity index (χ2n) is 7.88. The summed E-state index contributed by atoms with van der Waals surface area (Å²) in [5, 5.41) is 3.52. The molecule has 0 radical (unpaired) electrons. The number of rotatable bonds is 7. The SMILES string of the molecule is CC[C@@H](C)c1ccc2oc(-c3cccc(NC(=O)COc4ccc(Cl)c(C)c4)c3)nc2c1. The van der Waals surface area contributed by atoms with Gasteiger partial charge in [0.2, 0.25) is 5.89 Å². The van der Waals surface area contributed by atoms with Gasteiger partial charge < -0.3 is 14.5 Å². The smallest absolute Gasteiger partial charge is 0.262 e. The van der Waals surface area contributed by atoms with E-state index in [9.17, 15) is 4.79 Å². The molecular weight excluding hydrogens is 424 g/mol. The Morgan fingerprint density at radius 2 is 2.00 bits per heavy atom. The fourth-order valence-electron chi connectivity index (χ4n) is 3.39. The van der Waals surface area contributed by atoms with Gasteiger partial charge in [0, 0.05) is 16.3 Å². The van der Waals surface area contributed by atoms with Crippen molar-refractivity contribution in [2.24, 2.45) is 0 Å². The van der Waals surface area contributed by atoms with Crippen LogP contribution in [0.5, 0.6) is 5.75 Å². The Kier molecular flexibility index (Phi) is 6.47. The lowest BCUT2D eigenvalue weighted by atomic mass is 9.98. The van der Waals surface area contributed by atoms with Gasteiger partial charge >= 0.3 is 0 Å². The molecule has 0 spiro atoms. The average molecular weight is 449 g/mol. The van der Waals surface area contributed by atoms with Gasteiger partial charge in [-0.2, -0.15) is 0 Å². The van der Waals surface area contributed by atoms with E-state index in [4.69, 9.17) is 20.8 Å². The number of carbonyl (C=O) groups is 1. The molecule has 5 nitrogen and oxygen atoms in total. The molecule has 4 aromatic rings. The van der Waals surface area contributed by atoms with Gasteiger partial charge in [0.15, 0.2) is 12.2 Å². The Morgan fingerprint density at radius 1 is 1.16 bits per heavy atom. The van der Waals surface area contributed by atoms with Gasteiger partial charge in [-0.1, -0.05) is 37.6 Å². The van der Waals surface area contributed by atoms with Crippen LogP contribution in [0, 0.1) is 6.92 Å². The van der Waals surface area contributed by atoms with Gasteiger partial charge in [-0.3, -0.25) is 4.79 Å². The second-order valence-corrected chi connectivity index (χ2v) is 8.29. The summed E-state index contributed by atoms with van der Waals surface area (Å²) in [6, 6.07) is 18.8. The number of hydrogen-bond donors (Lipinski definition) is 1. The molecule has 0 aliphatic heterocycles. The van der Waals surface area contributed by atoms with Crippen LogP contribution >= 0.6 is 11.6 Å². The molecule has 1 atom stereocenters. The molecule has 164 valence electrons. The summed E-state index contributed by atoms with van der Waals surface area (Å²) >= 11 is 6.02. The Bertz CT molecular complexity index is 1270. The third-order valence-corrected chi connectivity index (χ3v) is 5.91. The molecule has 3 aromatic carbocycles. The lowest BCUT2D eigenvalue weighted by Gasteiger charge is -2.09. The summed E-state index contributed by atoms with van der Waals surface area (Å²) < 4.78 is 11.5. The predicted octanol–water partition coefficient (Wildman–Crippen LogP) is 6.99. The van der Waals surface area contributed by atoms with Crippen LogP contribution in [0.15, 0.2) is 65.1 Å². The molecule has 0 saturated carbocycles. The third-order valence-electron chi connectivity index (χ3n) is 5.49. The van der Waals surface area contributed by atoms with Crippen LogP contribution in [-0.2, 0) is 4.79 Å². The van der Waals surface area contributed by atoms with Crippen molar-refractivity contribution in [1.82, 2.24) is 4.98 Å². The van der Waals surface area contributed by atoms with Crippen LogP contribution in [-0.4, -0.2) is 17.5 Å². The largest absolute Gasteiger partial charge is 0.484 e. The predicted molar refractivity (Wildman–Crippen MR) is 128 cm³/mol. The fourth-order valence-corrected chi connectivity index (χ4v) is 3.51. The summed E-state index contributed by atoms with van der Waals surface area (Å²) in [6.07, 6.45) is 1.07. The fraction of sp³-hybridized carbons (Fsp3) is 0.231. The minimum atomic E-state index is -0.259. The molecule has 0 unspecified atom stereocenters. The normalized spacial score (nSPS) is 12.0. The van der Waals surface area contributed by atoms with E-state index < -0.39 is 0 Å². The van der Waals surface area contributed by atoms with Crippen molar-refractivity contribution in [2.45, 2.75) is 33.1 Å². The van der Waals surface area contributed by atoms with E-state index in [2.05, 4.69) is 36.3 Å². The molecular formula is C26H25ClN2O3. The third kappa shape index (κ3) is 4.94. The highest BCUT2D eigenvalue weighted by Crippen LogP contribution is 2.29. The molecule has 6 heteroatoms. The van der Waals surface area contributed by atoms with Crippen molar-refractivity contribution in [3.63, 3.8) is 0 Å².